The van der Waals surface area contributed by atoms with E-state index < -0.39 is 0 Å². The first-order valence-electron chi connectivity index (χ1n) is 9.29. The second kappa shape index (κ2) is 8.39. The van der Waals surface area contributed by atoms with Crippen molar-refractivity contribution in [2.75, 3.05) is 57.5 Å². The van der Waals surface area contributed by atoms with E-state index in [1.807, 2.05) is 25.1 Å². The Morgan fingerprint density at radius 3 is 2.54 bits per heavy atom. The van der Waals surface area contributed by atoms with E-state index in [1.54, 1.807) is 14.1 Å². The minimum atomic E-state index is -0.352. The van der Waals surface area contributed by atoms with Crippen LogP contribution in [0.1, 0.15) is 16.1 Å². The van der Waals surface area contributed by atoms with Crippen molar-refractivity contribution in [2.24, 2.45) is 0 Å². The maximum absolute atomic E-state index is 12.4. The summed E-state index contributed by atoms with van der Waals surface area (Å²) >= 11 is 0. The van der Waals surface area contributed by atoms with Crippen LogP contribution in [-0.4, -0.2) is 83.9 Å². The fourth-order valence-electron chi connectivity index (χ4n) is 3.09. The second-order valence-corrected chi connectivity index (χ2v) is 7.34. The fourth-order valence-corrected chi connectivity index (χ4v) is 3.09. The van der Waals surface area contributed by atoms with E-state index in [2.05, 4.69) is 32.5 Å². The smallest absolute Gasteiger partial charge is 0.277 e. The van der Waals surface area contributed by atoms with Crippen molar-refractivity contribution in [2.45, 2.75) is 13.5 Å². The average Bonchev–Trinajstić information content (AvgIpc) is 3.11. The van der Waals surface area contributed by atoms with Gasteiger partial charge in [0.1, 0.15) is 6.54 Å². The zero-order valence-electron chi connectivity index (χ0n) is 16.8. The van der Waals surface area contributed by atoms with Crippen LogP contribution in [0.5, 0.6) is 0 Å². The minimum absolute atomic E-state index is 0.0477. The molecule has 1 aromatic heterocycles. The van der Waals surface area contributed by atoms with E-state index in [0.717, 1.165) is 31.7 Å². The Morgan fingerprint density at radius 1 is 1.18 bits per heavy atom. The minimum Gasteiger partial charge on any atom is -0.369 e. The summed E-state index contributed by atoms with van der Waals surface area (Å²) in [7, 11) is 5.47. The zero-order valence-corrected chi connectivity index (χ0v) is 16.8. The Hall–Kier alpha value is -2.94. The molecule has 1 saturated heterocycles. The van der Waals surface area contributed by atoms with E-state index in [1.165, 1.54) is 21.5 Å². The van der Waals surface area contributed by atoms with E-state index in [-0.39, 0.29) is 24.1 Å². The summed E-state index contributed by atoms with van der Waals surface area (Å²) in [4.78, 5) is 30.3. The third kappa shape index (κ3) is 4.66. The Morgan fingerprint density at radius 2 is 1.89 bits per heavy atom. The van der Waals surface area contributed by atoms with Gasteiger partial charge in [0.25, 0.3) is 5.91 Å². The molecule has 1 fully saturated rings. The highest BCUT2D eigenvalue weighted by atomic mass is 16.2. The molecule has 0 bridgehead atoms. The van der Waals surface area contributed by atoms with Gasteiger partial charge < -0.3 is 20.0 Å². The second-order valence-electron chi connectivity index (χ2n) is 7.34. The third-order valence-corrected chi connectivity index (χ3v) is 4.87. The summed E-state index contributed by atoms with van der Waals surface area (Å²) in [5.74, 6) is -0.470. The number of benzene rings is 1. The van der Waals surface area contributed by atoms with Gasteiger partial charge in [-0.2, -0.15) is 0 Å². The Bertz CT molecular complexity index is 854. The molecule has 2 aromatic rings. The number of carbonyl (C=O) groups excluding carboxylic acids is 2. The number of carbonyl (C=O) groups is 2. The van der Waals surface area contributed by atoms with Gasteiger partial charge in [-0.3, -0.25) is 9.59 Å². The van der Waals surface area contributed by atoms with Gasteiger partial charge in [0.05, 0.1) is 6.20 Å². The van der Waals surface area contributed by atoms with E-state index >= 15 is 0 Å². The first-order chi connectivity index (χ1) is 13.3. The van der Waals surface area contributed by atoms with Crippen LogP contribution in [0.15, 0.2) is 24.4 Å². The number of rotatable bonds is 5. The topological polar surface area (TPSA) is 86.6 Å². The molecule has 1 N–H and O–H groups in total. The highest BCUT2D eigenvalue weighted by molar-refractivity contribution is 6.02. The van der Waals surface area contributed by atoms with Gasteiger partial charge in [-0.25, -0.2) is 4.68 Å². The summed E-state index contributed by atoms with van der Waals surface area (Å²) in [5, 5.41) is 10.6. The van der Waals surface area contributed by atoms with Crippen LogP contribution in [0.25, 0.3) is 0 Å². The molecular weight excluding hydrogens is 358 g/mol. The predicted molar refractivity (Wildman–Crippen MR) is 108 cm³/mol. The van der Waals surface area contributed by atoms with Crippen LogP contribution in [0.4, 0.5) is 11.4 Å². The highest BCUT2D eigenvalue weighted by Gasteiger charge is 2.17. The van der Waals surface area contributed by atoms with Crippen LogP contribution < -0.4 is 10.2 Å². The van der Waals surface area contributed by atoms with Gasteiger partial charge in [0.2, 0.25) is 5.91 Å². The van der Waals surface area contributed by atoms with E-state index in [0.29, 0.717) is 5.69 Å². The number of aromatic nitrogens is 3. The van der Waals surface area contributed by atoms with Crippen LogP contribution in [-0.2, 0) is 11.3 Å². The summed E-state index contributed by atoms with van der Waals surface area (Å²) in [6, 6.07) is 5.91. The van der Waals surface area contributed by atoms with Crippen LogP contribution in [0, 0.1) is 6.92 Å². The summed E-state index contributed by atoms with van der Waals surface area (Å²) in [6.07, 6.45) is 1.47. The van der Waals surface area contributed by atoms with Gasteiger partial charge in [0, 0.05) is 51.6 Å². The molecule has 9 nitrogen and oxygen atoms in total. The van der Waals surface area contributed by atoms with Crippen molar-refractivity contribution < 1.29 is 9.59 Å². The molecule has 3 rings (SSSR count). The number of nitrogens with one attached hydrogen (secondary N) is 1. The SMILES string of the molecule is Cc1cc(NC(=O)c2cn(CC(=O)N(C)C)nn2)ccc1N1CCN(C)CC1. The molecule has 0 spiro atoms. The molecule has 1 aromatic carbocycles. The first kappa shape index (κ1) is 19.8. The molecule has 1 aliphatic rings. The van der Waals surface area contributed by atoms with Gasteiger partial charge in [-0.05, 0) is 37.7 Å². The Balaban J connectivity index is 1.64. The molecule has 150 valence electrons. The molecule has 2 heterocycles. The van der Waals surface area contributed by atoms with Crippen LogP contribution in [0.2, 0.25) is 0 Å². The first-order valence-corrected chi connectivity index (χ1v) is 9.29. The maximum Gasteiger partial charge on any atom is 0.277 e. The highest BCUT2D eigenvalue weighted by Crippen LogP contribution is 2.24. The predicted octanol–water partition coefficient (Wildman–Crippen LogP) is 0.679. The number of hydrogen-bond acceptors (Lipinski definition) is 6. The van der Waals surface area contributed by atoms with Crippen molar-refractivity contribution in [3.63, 3.8) is 0 Å². The maximum atomic E-state index is 12.4. The van der Waals surface area contributed by atoms with Crippen molar-refractivity contribution in [1.29, 1.82) is 0 Å². The normalized spacial score (nSPS) is 14.8. The Kier molecular flexibility index (Phi) is 5.93. The van der Waals surface area contributed by atoms with Crippen LogP contribution in [0.3, 0.4) is 0 Å². The molecule has 0 saturated carbocycles. The number of anilines is 2. The van der Waals surface area contributed by atoms with Gasteiger partial charge in [0.15, 0.2) is 5.69 Å². The number of likely N-dealkylation sites (N-methyl/N-ethyl adjacent to an activating group) is 2. The lowest BCUT2D eigenvalue weighted by Crippen LogP contribution is -2.44. The quantitative estimate of drug-likeness (QED) is 0.815. The summed E-state index contributed by atoms with van der Waals surface area (Å²) in [6.45, 7) is 6.18. The van der Waals surface area contributed by atoms with Crippen LogP contribution >= 0.6 is 0 Å². The number of amides is 2. The lowest BCUT2D eigenvalue weighted by molar-refractivity contribution is -0.129. The van der Waals surface area contributed by atoms with Gasteiger partial charge in [-0.15, -0.1) is 5.10 Å². The van der Waals surface area contributed by atoms with E-state index in [4.69, 9.17) is 0 Å². The van der Waals surface area contributed by atoms with Crippen molar-refractivity contribution in [3.8, 4) is 0 Å². The molecular formula is C19H27N7O2. The monoisotopic (exact) mass is 385 g/mol. The van der Waals surface area contributed by atoms with E-state index in [9.17, 15) is 9.59 Å². The number of nitrogens with zero attached hydrogens (tertiary/aromatic N) is 6. The average molecular weight is 385 g/mol. The molecule has 28 heavy (non-hydrogen) atoms. The molecule has 0 unspecified atom stereocenters. The lowest BCUT2D eigenvalue weighted by atomic mass is 10.1. The molecule has 0 aliphatic carbocycles. The fraction of sp³-hybridized carbons (Fsp3) is 0.474. The largest absolute Gasteiger partial charge is 0.369 e. The molecule has 0 atom stereocenters. The third-order valence-electron chi connectivity index (χ3n) is 4.87. The zero-order chi connectivity index (χ0) is 20.3. The van der Waals surface area contributed by atoms with Crippen molar-refractivity contribution >= 4 is 23.2 Å². The standard InChI is InChI=1S/C19H27N7O2/c1-14-11-15(5-6-17(14)25-9-7-24(4)8-10-25)20-19(28)16-12-26(22-21-16)13-18(27)23(2)3/h5-6,11-12H,7-10,13H2,1-4H3,(H,20,28). The molecule has 1 aliphatic heterocycles. The number of piperazine rings is 1. The lowest BCUT2D eigenvalue weighted by Gasteiger charge is -2.35. The summed E-state index contributed by atoms with van der Waals surface area (Å²) < 4.78 is 1.36. The summed E-state index contributed by atoms with van der Waals surface area (Å²) in [5.41, 5.74) is 3.19. The van der Waals surface area contributed by atoms with Crippen molar-refractivity contribution in [1.82, 2.24) is 24.8 Å². The Labute approximate surface area is 164 Å². The van der Waals surface area contributed by atoms with Gasteiger partial charge in [-0.1, -0.05) is 5.21 Å². The molecule has 2 amide bonds. The van der Waals surface area contributed by atoms with Gasteiger partial charge >= 0.3 is 0 Å². The van der Waals surface area contributed by atoms with Crippen molar-refractivity contribution in [3.05, 3.63) is 35.7 Å². The number of hydrogen-bond donors (Lipinski definition) is 1. The molecule has 0 radical (unpaired) electrons. The number of aryl methyl sites for hydroxylation is 1. The molecule has 9 heteroatoms.